The molecule has 3 rings (SSSR count). The molecule has 8 nitrogen and oxygen atoms in total. The van der Waals surface area contributed by atoms with E-state index in [0.29, 0.717) is 22.6 Å². The Bertz CT molecular complexity index is 1210. The van der Waals surface area contributed by atoms with Crippen molar-refractivity contribution in [3.8, 4) is 11.5 Å². The number of phenolic OH excluding ortho intramolecular Hbond substituents is 1. The molecule has 0 spiro atoms. The summed E-state index contributed by atoms with van der Waals surface area (Å²) in [5.74, 6) is -0.199. The van der Waals surface area contributed by atoms with Crippen molar-refractivity contribution in [3.05, 3.63) is 90.5 Å². The summed E-state index contributed by atoms with van der Waals surface area (Å²) in [5, 5.41) is 15.7. The number of anilines is 3. The van der Waals surface area contributed by atoms with Crippen molar-refractivity contribution in [3.63, 3.8) is 0 Å². The predicted molar refractivity (Wildman–Crippen MR) is 136 cm³/mol. The molecule has 3 aromatic carbocycles. The van der Waals surface area contributed by atoms with Crippen molar-refractivity contribution in [2.24, 2.45) is 5.41 Å². The number of nitrogens with two attached hydrogens (primary N) is 1. The van der Waals surface area contributed by atoms with Gasteiger partial charge in [-0.05, 0) is 48.0 Å². The molecule has 0 fully saturated rings. The van der Waals surface area contributed by atoms with E-state index < -0.39 is 17.6 Å². The second kappa shape index (κ2) is 11.1. The van der Waals surface area contributed by atoms with E-state index in [9.17, 15) is 14.7 Å². The zero-order chi connectivity index (χ0) is 25.4. The molecule has 5 N–H and O–H groups in total. The fourth-order valence-corrected chi connectivity index (χ4v) is 3.46. The molecule has 35 heavy (non-hydrogen) atoms. The summed E-state index contributed by atoms with van der Waals surface area (Å²) in [6, 6.07) is 20.6. The van der Waals surface area contributed by atoms with Crippen LogP contribution in [0, 0.1) is 5.41 Å². The molecule has 0 unspecified atom stereocenters. The van der Waals surface area contributed by atoms with Crippen molar-refractivity contribution in [2.75, 3.05) is 23.5 Å². The third kappa shape index (κ3) is 6.77. The Hall–Kier alpha value is -4.46. The number of carbonyl (C=O) groups excluding carboxylic acids is 2. The number of nitrogens with one attached hydrogen (secondary N) is 2. The highest BCUT2D eigenvalue weighted by Gasteiger charge is 2.33. The number of aromatic hydroxyl groups is 1. The van der Waals surface area contributed by atoms with Crippen molar-refractivity contribution in [2.45, 2.75) is 20.0 Å². The van der Waals surface area contributed by atoms with E-state index in [0.717, 1.165) is 0 Å². The highest BCUT2D eigenvalue weighted by molar-refractivity contribution is 6.01. The molecular formula is C27H29N3O5. The van der Waals surface area contributed by atoms with Gasteiger partial charge in [0.2, 0.25) is 5.91 Å². The molecule has 0 bridgehead atoms. The second-order valence-corrected chi connectivity index (χ2v) is 8.44. The molecular weight excluding hydrogens is 446 g/mol. The number of nitrogen functional groups attached to an aromatic ring is 1. The zero-order valence-electron chi connectivity index (χ0n) is 19.8. The first-order valence-electron chi connectivity index (χ1n) is 10.9. The van der Waals surface area contributed by atoms with E-state index in [1.807, 2.05) is 19.9 Å². The van der Waals surface area contributed by atoms with Crippen LogP contribution in [-0.2, 0) is 9.53 Å². The Balaban J connectivity index is 1.85. The van der Waals surface area contributed by atoms with Crippen LogP contribution in [0.5, 0.6) is 11.5 Å². The molecule has 182 valence electrons. The van der Waals surface area contributed by atoms with Crippen molar-refractivity contribution >= 4 is 29.1 Å². The lowest BCUT2D eigenvalue weighted by Crippen LogP contribution is -2.28. The predicted octanol–water partition coefficient (Wildman–Crippen LogP) is 5.49. The molecule has 8 heteroatoms. The third-order valence-corrected chi connectivity index (χ3v) is 5.31. The first-order valence-corrected chi connectivity index (χ1v) is 10.9. The standard InChI is InChI=1S/C27H29N3O5/c1-27(2,16-15-24(32)30-21-12-8-7-11-20(21)28)25(18-13-14-23(34-3)22(31)17-18)35-26(33)29-19-9-5-4-6-10-19/h4-17,25,31H,28H2,1-3H3,(H,29,33)(H,30,32)/b16-15+/t25-/m0/s1. The number of para-hydroxylation sites is 3. The molecule has 3 aromatic rings. The summed E-state index contributed by atoms with van der Waals surface area (Å²) in [6.45, 7) is 3.63. The van der Waals surface area contributed by atoms with E-state index in [-0.39, 0.29) is 17.4 Å². The van der Waals surface area contributed by atoms with Crippen molar-refractivity contribution < 1.29 is 24.2 Å². The van der Waals surface area contributed by atoms with Gasteiger partial charge in [0.25, 0.3) is 0 Å². The molecule has 0 aliphatic heterocycles. The minimum Gasteiger partial charge on any atom is -0.504 e. The molecule has 0 heterocycles. The maximum Gasteiger partial charge on any atom is 0.412 e. The Morgan fingerprint density at radius 3 is 2.34 bits per heavy atom. The zero-order valence-corrected chi connectivity index (χ0v) is 19.8. The van der Waals surface area contributed by atoms with Crippen LogP contribution in [0.1, 0.15) is 25.5 Å². The number of amides is 2. The number of phenols is 1. The third-order valence-electron chi connectivity index (χ3n) is 5.31. The number of methoxy groups -OCH3 is 1. The van der Waals surface area contributed by atoms with Crippen LogP contribution in [0.3, 0.4) is 0 Å². The van der Waals surface area contributed by atoms with Gasteiger partial charge in [-0.25, -0.2) is 4.79 Å². The van der Waals surface area contributed by atoms with Crippen LogP contribution in [0.2, 0.25) is 0 Å². The van der Waals surface area contributed by atoms with E-state index in [2.05, 4.69) is 10.6 Å². The minimum atomic E-state index is -0.853. The Morgan fingerprint density at radius 1 is 1.00 bits per heavy atom. The second-order valence-electron chi connectivity index (χ2n) is 8.44. The topological polar surface area (TPSA) is 123 Å². The Kier molecular flexibility index (Phi) is 7.99. The summed E-state index contributed by atoms with van der Waals surface area (Å²) in [5.41, 5.74) is 7.08. The minimum absolute atomic E-state index is 0.0980. The summed E-state index contributed by atoms with van der Waals surface area (Å²) < 4.78 is 10.9. The van der Waals surface area contributed by atoms with Crippen LogP contribution in [0.25, 0.3) is 0 Å². The fourth-order valence-electron chi connectivity index (χ4n) is 3.46. The van der Waals surface area contributed by atoms with E-state index in [1.54, 1.807) is 66.7 Å². The smallest absolute Gasteiger partial charge is 0.412 e. The lowest BCUT2D eigenvalue weighted by atomic mass is 9.82. The van der Waals surface area contributed by atoms with Gasteiger partial charge in [-0.1, -0.05) is 56.3 Å². The molecule has 0 aromatic heterocycles. The molecule has 0 aliphatic rings. The quantitative estimate of drug-likeness (QED) is 0.252. The van der Waals surface area contributed by atoms with Crippen LogP contribution in [0.4, 0.5) is 21.9 Å². The van der Waals surface area contributed by atoms with Gasteiger partial charge in [-0.15, -0.1) is 0 Å². The number of rotatable bonds is 8. The van der Waals surface area contributed by atoms with Gasteiger partial charge in [0, 0.05) is 11.1 Å². The van der Waals surface area contributed by atoms with Crippen molar-refractivity contribution in [1.29, 1.82) is 0 Å². The highest BCUT2D eigenvalue weighted by Crippen LogP contribution is 2.41. The Morgan fingerprint density at radius 2 is 1.69 bits per heavy atom. The number of hydrogen-bond donors (Lipinski definition) is 4. The van der Waals surface area contributed by atoms with Gasteiger partial charge < -0.3 is 25.6 Å². The van der Waals surface area contributed by atoms with E-state index >= 15 is 0 Å². The number of hydrogen-bond acceptors (Lipinski definition) is 6. The number of carbonyl (C=O) groups is 2. The number of benzene rings is 3. The normalized spacial score (nSPS) is 12.1. The van der Waals surface area contributed by atoms with Crippen molar-refractivity contribution in [1.82, 2.24) is 0 Å². The van der Waals surface area contributed by atoms with Gasteiger partial charge in [0.05, 0.1) is 18.5 Å². The SMILES string of the molecule is COc1ccc([C@H](OC(=O)Nc2ccccc2)C(C)(C)/C=C/C(=O)Nc2ccccc2N)cc1O. The largest absolute Gasteiger partial charge is 0.504 e. The van der Waals surface area contributed by atoms with E-state index in [4.69, 9.17) is 15.2 Å². The summed E-state index contributed by atoms with van der Waals surface area (Å²) in [4.78, 5) is 25.3. The Labute approximate surface area is 204 Å². The molecule has 2 amide bonds. The highest BCUT2D eigenvalue weighted by atomic mass is 16.6. The van der Waals surface area contributed by atoms with Gasteiger partial charge in [-0.2, -0.15) is 0 Å². The summed E-state index contributed by atoms with van der Waals surface area (Å²) >= 11 is 0. The maximum absolute atomic E-state index is 12.7. The molecule has 0 saturated heterocycles. The molecule has 0 aliphatic carbocycles. The molecule has 1 atom stereocenters. The summed E-state index contributed by atoms with van der Waals surface area (Å²) in [6.07, 6.45) is 1.47. The molecule has 0 radical (unpaired) electrons. The van der Waals surface area contributed by atoms with Gasteiger partial charge >= 0.3 is 6.09 Å². The van der Waals surface area contributed by atoms with E-state index in [1.165, 1.54) is 19.3 Å². The van der Waals surface area contributed by atoms with Gasteiger partial charge in [0.15, 0.2) is 11.5 Å². The lowest BCUT2D eigenvalue weighted by molar-refractivity contribution is -0.112. The summed E-state index contributed by atoms with van der Waals surface area (Å²) in [7, 11) is 1.45. The first-order chi connectivity index (χ1) is 16.7. The van der Waals surface area contributed by atoms with Crippen LogP contribution in [-0.4, -0.2) is 24.2 Å². The monoisotopic (exact) mass is 475 g/mol. The van der Waals surface area contributed by atoms with Crippen LogP contribution < -0.4 is 21.1 Å². The average molecular weight is 476 g/mol. The first kappa shape index (κ1) is 25.2. The van der Waals surface area contributed by atoms with Crippen LogP contribution >= 0.6 is 0 Å². The van der Waals surface area contributed by atoms with Gasteiger partial charge in [0.1, 0.15) is 6.10 Å². The lowest BCUT2D eigenvalue weighted by Gasteiger charge is -2.32. The van der Waals surface area contributed by atoms with Gasteiger partial charge in [-0.3, -0.25) is 10.1 Å². The number of ether oxygens (including phenoxy) is 2. The maximum atomic E-state index is 12.7. The molecule has 0 saturated carbocycles. The average Bonchev–Trinajstić information content (AvgIpc) is 2.83. The fraction of sp³-hybridized carbons (Fsp3) is 0.185. The van der Waals surface area contributed by atoms with Crippen LogP contribution in [0.15, 0.2) is 84.9 Å².